The van der Waals surface area contributed by atoms with Crippen molar-refractivity contribution in [3.8, 4) is 0 Å². The molecule has 3 heterocycles. The van der Waals surface area contributed by atoms with Gasteiger partial charge in [-0.25, -0.2) is 15.0 Å². The predicted octanol–water partition coefficient (Wildman–Crippen LogP) is 13.2. The second-order valence-electron chi connectivity index (χ2n) is 19.4. The van der Waals surface area contributed by atoms with Gasteiger partial charge in [-0.1, -0.05) is 113 Å². The summed E-state index contributed by atoms with van der Waals surface area (Å²) in [7, 11) is 0. The molecule has 0 unspecified atom stereocenters. The molecule has 0 fully saturated rings. The van der Waals surface area contributed by atoms with Crippen LogP contribution in [0, 0.1) is 21.7 Å². The summed E-state index contributed by atoms with van der Waals surface area (Å²) in [6.45, 7) is 27.4. The van der Waals surface area contributed by atoms with Crippen molar-refractivity contribution in [2.75, 3.05) is 9.80 Å². The fourth-order valence-corrected chi connectivity index (χ4v) is 6.87. The highest BCUT2D eigenvalue weighted by atomic mass is 15.3. The molecular formula is C47H61N5. The molecule has 0 aliphatic carbocycles. The predicted molar refractivity (Wildman–Crippen MR) is 222 cm³/mol. The Kier molecular flexibility index (Phi) is 11.3. The monoisotopic (exact) mass is 695 g/mol. The van der Waals surface area contributed by atoms with Gasteiger partial charge in [0.25, 0.3) is 0 Å². The molecule has 0 spiro atoms. The highest BCUT2D eigenvalue weighted by molar-refractivity contribution is 5.77. The first kappa shape index (κ1) is 38.7. The minimum Gasteiger partial charge on any atom is -0.279 e. The minimum atomic E-state index is 0.144. The van der Waals surface area contributed by atoms with Gasteiger partial charge in [-0.05, 0) is 130 Å². The molecule has 0 aliphatic heterocycles. The zero-order valence-corrected chi connectivity index (χ0v) is 33.9. The Labute approximate surface area is 314 Å². The van der Waals surface area contributed by atoms with Crippen LogP contribution in [0.3, 0.4) is 0 Å². The maximum atomic E-state index is 5.47. The summed E-state index contributed by atoms with van der Waals surface area (Å²) in [6, 6.07) is 32.7. The molecule has 0 radical (unpaired) electrons. The molecule has 0 saturated heterocycles. The number of rotatable bonds is 10. The number of anilines is 6. The van der Waals surface area contributed by atoms with Gasteiger partial charge in [0.15, 0.2) is 0 Å². The number of hydrogen-bond acceptors (Lipinski definition) is 5. The standard InChI is InChI=1S/C47H61N5/c1-44(2,3)30-34-16-13-18-38(26-34)51(42-28-36(22-24-48-42)32-46(7,8)9)40-20-15-21-41(50-40)52(39-19-14-17-35(27-39)31-45(4,5)6)43-29-37(23-25-49-43)33-47(10,11)12/h13-29H,30-33H2,1-12H3. The van der Waals surface area contributed by atoms with Gasteiger partial charge in [0.1, 0.15) is 23.3 Å². The summed E-state index contributed by atoms with van der Waals surface area (Å²) in [5, 5.41) is 0. The molecular weight excluding hydrogens is 635 g/mol. The van der Waals surface area contributed by atoms with Gasteiger partial charge in [0.05, 0.1) is 0 Å². The van der Waals surface area contributed by atoms with Crippen LogP contribution < -0.4 is 9.80 Å². The van der Waals surface area contributed by atoms with E-state index >= 15 is 0 Å². The second kappa shape index (κ2) is 15.2. The Bertz CT molecular complexity index is 1690. The normalized spacial score (nSPS) is 12.5. The van der Waals surface area contributed by atoms with E-state index in [1.165, 1.54) is 22.3 Å². The van der Waals surface area contributed by atoms with Gasteiger partial charge < -0.3 is 0 Å². The summed E-state index contributed by atoms with van der Waals surface area (Å²) in [6.07, 6.45) is 7.70. The van der Waals surface area contributed by atoms with E-state index in [4.69, 9.17) is 15.0 Å². The summed E-state index contributed by atoms with van der Waals surface area (Å²) in [5.41, 5.74) is 7.75. The molecule has 0 amide bonds. The largest absolute Gasteiger partial charge is 0.279 e. The van der Waals surface area contributed by atoms with Gasteiger partial charge in [0, 0.05) is 23.8 Å². The molecule has 0 atom stereocenters. The van der Waals surface area contributed by atoms with Crippen molar-refractivity contribution in [3.63, 3.8) is 0 Å². The van der Waals surface area contributed by atoms with Crippen LogP contribution in [0.15, 0.2) is 103 Å². The van der Waals surface area contributed by atoms with Crippen molar-refractivity contribution >= 4 is 34.6 Å². The summed E-state index contributed by atoms with van der Waals surface area (Å²) >= 11 is 0. The first-order valence-corrected chi connectivity index (χ1v) is 18.9. The second-order valence-corrected chi connectivity index (χ2v) is 19.4. The van der Waals surface area contributed by atoms with Crippen molar-refractivity contribution in [1.29, 1.82) is 0 Å². The van der Waals surface area contributed by atoms with Crippen LogP contribution in [-0.2, 0) is 25.7 Å². The third-order valence-corrected chi connectivity index (χ3v) is 8.53. The lowest BCUT2D eigenvalue weighted by molar-refractivity contribution is 0.410. The smallest absolute Gasteiger partial charge is 0.141 e. The maximum absolute atomic E-state index is 5.47. The van der Waals surface area contributed by atoms with E-state index in [9.17, 15) is 0 Å². The maximum Gasteiger partial charge on any atom is 0.141 e. The van der Waals surface area contributed by atoms with Crippen LogP contribution in [0.2, 0.25) is 0 Å². The summed E-state index contributed by atoms with van der Waals surface area (Å²) in [5.74, 6) is 3.30. The number of nitrogens with zero attached hydrogens (tertiary/aromatic N) is 5. The first-order valence-electron chi connectivity index (χ1n) is 18.9. The van der Waals surface area contributed by atoms with Crippen molar-refractivity contribution in [2.45, 2.75) is 109 Å². The zero-order chi connectivity index (χ0) is 37.9. The minimum absolute atomic E-state index is 0.144. The Hall–Kier alpha value is -4.51. The Balaban J connectivity index is 1.70. The number of pyridine rings is 3. The molecule has 0 bridgehead atoms. The molecule has 3 aromatic heterocycles. The highest BCUT2D eigenvalue weighted by Crippen LogP contribution is 2.39. The average molecular weight is 696 g/mol. The molecule has 52 heavy (non-hydrogen) atoms. The van der Waals surface area contributed by atoms with E-state index in [1.807, 2.05) is 12.4 Å². The lowest BCUT2D eigenvalue weighted by Crippen LogP contribution is -2.18. The third-order valence-electron chi connectivity index (χ3n) is 8.53. The van der Waals surface area contributed by atoms with Gasteiger partial charge in [0.2, 0.25) is 0 Å². The van der Waals surface area contributed by atoms with E-state index in [1.54, 1.807) is 0 Å². The van der Waals surface area contributed by atoms with E-state index in [0.717, 1.165) is 60.3 Å². The number of hydrogen-bond donors (Lipinski definition) is 0. The molecule has 2 aromatic carbocycles. The molecule has 0 saturated carbocycles. The molecule has 0 aliphatic rings. The number of benzene rings is 2. The topological polar surface area (TPSA) is 45.2 Å². The van der Waals surface area contributed by atoms with E-state index < -0.39 is 0 Å². The average Bonchev–Trinajstić information content (AvgIpc) is 2.99. The lowest BCUT2D eigenvalue weighted by Gasteiger charge is -2.29. The van der Waals surface area contributed by atoms with E-state index in [2.05, 4.69) is 184 Å². The molecule has 0 N–H and O–H groups in total. The van der Waals surface area contributed by atoms with Crippen molar-refractivity contribution in [1.82, 2.24) is 15.0 Å². The van der Waals surface area contributed by atoms with Crippen molar-refractivity contribution in [3.05, 3.63) is 126 Å². The fourth-order valence-electron chi connectivity index (χ4n) is 6.87. The van der Waals surface area contributed by atoms with Crippen molar-refractivity contribution in [2.24, 2.45) is 21.7 Å². The van der Waals surface area contributed by atoms with Crippen molar-refractivity contribution < 1.29 is 0 Å². The first-order chi connectivity index (χ1) is 24.2. The lowest BCUT2D eigenvalue weighted by atomic mass is 9.88. The Morgan fingerprint density at radius 2 is 0.712 bits per heavy atom. The highest BCUT2D eigenvalue weighted by Gasteiger charge is 2.23. The third kappa shape index (κ3) is 11.2. The van der Waals surface area contributed by atoms with Crippen LogP contribution in [-0.4, -0.2) is 15.0 Å². The van der Waals surface area contributed by atoms with Crippen LogP contribution in [0.1, 0.15) is 105 Å². The van der Waals surface area contributed by atoms with Gasteiger partial charge in [-0.2, -0.15) is 0 Å². The zero-order valence-electron chi connectivity index (χ0n) is 33.9. The van der Waals surface area contributed by atoms with Crippen LogP contribution in [0.4, 0.5) is 34.6 Å². The quantitative estimate of drug-likeness (QED) is 0.145. The molecule has 5 rings (SSSR count). The summed E-state index contributed by atoms with van der Waals surface area (Å²) < 4.78 is 0. The van der Waals surface area contributed by atoms with E-state index in [0.29, 0.717) is 0 Å². The van der Waals surface area contributed by atoms with Gasteiger partial charge in [-0.3, -0.25) is 9.80 Å². The van der Waals surface area contributed by atoms with Crippen LogP contribution in [0.25, 0.3) is 0 Å². The number of aromatic nitrogens is 3. The van der Waals surface area contributed by atoms with Gasteiger partial charge >= 0.3 is 0 Å². The van der Waals surface area contributed by atoms with Gasteiger partial charge in [-0.15, -0.1) is 0 Å². The SMILES string of the molecule is CC(C)(C)Cc1cccc(N(c2cc(CC(C)(C)C)ccn2)c2cccc(N(c3cccc(CC(C)(C)C)c3)c3cc(CC(C)(C)C)ccn3)n2)c1. The molecule has 274 valence electrons. The van der Waals surface area contributed by atoms with E-state index in [-0.39, 0.29) is 21.7 Å². The molecule has 5 heteroatoms. The fraction of sp³-hybridized carbons (Fsp3) is 0.426. The Morgan fingerprint density at radius 1 is 0.385 bits per heavy atom. The summed E-state index contributed by atoms with van der Waals surface area (Å²) in [4.78, 5) is 19.8. The molecule has 5 aromatic rings. The Morgan fingerprint density at radius 3 is 1.06 bits per heavy atom. The molecule has 5 nitrogen and oxygen atoms in total. The van der Waals surface area contributed by atoms with Crippen LogP contribution in [0.5, 0.6) is 0 Å². The van der Waals surface area contributed by atoms with Crippen LogP contribution >= 0.6 is 0 Å².